The standard InChI is InChI=1S/C12H17OSi/c1-9-6-11(14(3,4)5)7-10(2)12(9)8-13/h6-7H,1-5H3. The summed E-state index contributed by atoms with van der Waals surface area (Å²) in [5, 5.41) is 1.41. The molecular formula is C12H17OSi. The number of rotatable bonds is 2. The Bertz CT molecular complexity index is 338. The molecule has 0 fully saturated rings. The van der Waals surface area contributed by atoms with E-state index in [9.17, 15) is 4.79 Å². The minimum Gasteiger partial charge on any atom is -0.285 e. The molecule has 1 rings (SSSR count). The van der Waals surface area contributed by atoms with E-state index in [-0.39, 0.29) is 0 Å². The first-order valence-corrected chi connectivity index (χ1v) is 8.36. The van der Waals surface area contributed by atoms with Gasteiger partial charge in [-0.3, -0.25) is 4.79 Å². The van der Waals surface area contributed by atoms with Crippen molar-refractivity contribution in [1.82, 2.24) is 0 Å². The Hall–Kier alpha value is -0.893. The molecule has 0 aliphatic carbocycles. The molecule has 1 aromatic rings. The molecular weight excluding hydrogens is 188 g/mol. The fraction of sp³-hybridized carbons (Fsp3) is 0.417. The average molecular weight is 205 g/mol. The van der Waals surface area contributed by atoms with Crippen LogP contribution in [0, 0.1) is 13.8 Å². The van der Waals surface area contributed by atoms with Gasteiger partial charge in [-0.1, -0.05) is 37.0 Å². The summed E-state index contributed by atoms with van der Waals surface area (Å²) in [6.45, 7) is 10.9. The molecule has 75 valence electrons. The molecule has 0 aliphatic heterocycles. The van der Waals surface area contributed by atoms with Gasteiger partial charge in [-0.05, 0) is 25.0 Å². The summed E-state index contributed by atoms with van der Waals surface area (Å²) in [5.74, 6) is 0. The van der Waals surface area contributed by atoms with Crippen molar-refractivity contribution in [1.29, 1.82) is 0 Å². The van der Waals surface area contributed by atoms with E-state index in [1.807, 2.05) is 20.1 Å². The molecule has 0 bridgehead atoms. The quantitative estimate of drug-likeness (QED) is 0.677. The number of carbonyl (C=O) groups excluding carboxylic acids is 1. The molecule has 1 nitrogen and oxygen atoms in total. The van der Waals surface area contributed by atoms with Gasteiger partial charge < -0.3 is 0 Å². The fourth-order valence-corrected chi connectivity index (χ4v) is 2.86. The number of aryl methyl sites for hydroxylation is 2. The van der Waals surface area contributed by atoms with Crippen LogP contribution in [0.5, 0.6) is 0 Å². The van der Waals surface area contributed by atoms with E-state index in [0.717, 1.165) is 16.7 Å². The largest absolute Gasteiger partial charge is 0.285 e. The van der Waals surface area contributed by atoms with Gasteiger partial charge in [0.05, 0.1) is 8.07 Å². The smallest absolute Gasteiger partial charge is 0.234 e. The predicted molar refractivity (Wildman–Crippen MR) is 63.7 cm³/mol. The molecule has 0 amide bonds. The molecule has 0 aliphatic rings. The molecule has 0 N–H and O–H groups in total. The summed E-state index contributed by atoms with van der Waals surface area (Å²) in [5.41, 5.74) is 2.84. The van der Waals surface area contributed by atoms with Crippen LogP contribution in [0.25, 0.3) is 0 Å². The molecule has 0 atom stereocenters. The van der Waals surface area contributed by atoms with Crippen molar-refractivity contribution >= 4 is 19.5 Å². The molecule has 0 unspecified atom stereocenters. The lowest BCUT2D eigenvalue weighted by molar-refractivity contribution is 0.562. The highest BCUT2D eigenvalue weighted by molar-refractivity contribution is 6.88. The zero-order valence-corrected chi connectivity index (χ0v) is 10.6. The molecule has 0 heterocycles. The molecule has 0 saturated heterocycles. The van der Waals surface area contributed by atoms with Crippen molar-refractivity contribution in [3.05, 3.63) is 28.8 Å². The summed E-state index contributed by atoms with van der Waals surface area (Å²) in [6, 6.07) is 4.28. The monoisotopic (exact) mass is 205 g/mol. The number of benzene rings is 1. The van der Waals surface area contributed by atoms with Gasteiger partial charge in [0, 0.05) is 5.56 Å². The van der Waals surface area contributed by atoms with E-state index < -0.39 is 8.07 Å². The van der Waals surface area contributed by atoms with E-state index >= 15 is 0 Å². The van der Waals surface area contributed by atoms with Gasteiger partial charge in [-0.25, -0.2) is 0 Å². The summed E-state index contributed by atoms with van der Waals surface area (Å²) < 4.78 is 0. The van der Waals surface area contributed by atoms with Crippen molar-refractivity contribution in [2.24, 2.45) is 0 Å². The molecule has 2 heteroatoms. The van der Waals surface area contributed by atoms with Gasteiger partial charge in [0.25, 0.3) is 0 Å². The van der Waals surface area contributed by atoms with Gasteiger partial charge in [0.1, 0.15) is 0 Å². The molecule has 0 aromatic heterocycles. The van der Waals surface area contributed by atoms with E-state index in [1.165, 1.54) is 5.19 Å². The maximum atomic E-state index is 10.7. The fourth-order valence-electron chi connectivity index (χ4n) is 1.56. The van der Waals surface area contributed by atoms with Gasteiger partial charge in [0.2, 0.25) is 6.29 Å². The third kappa shape index (κ3) is 2.12. The summed E-state index contributed by atoms with van der Waals surface area (Å²) >= 11 is 0. The Kier molecular flexibility index (Phi) is 2.95. The zero-order valence-electron chi connectivity index (χ0n) is 9.56. The van der Waals surface area contributed by atoms with Crippen molar-refractivity contribution in [2.45, 2.75) is 33.5 Å². The third-order valence-corrected chi connectivity index (χ3v) is 4.52. The molecule has 14 heavy (non-hydrogen) atoms. The Balaban J connectivity index is 3.35. The van der Waals surface area contributed by atoms with Crippen LogP contribution in [0.15, 0.2) is 12.1 Å². The Morgan fingerprint density at radius 1 is 1.07 bits per heavy atom. The molecule has 1 radical (unpaired) electrons. The van der Waals surface area contributed by atoms with E-state index in [2.05, 4.69) is 31.8 Å². The van der Waals surface area contributed by atoms with Gasteiger partial charge in [-0.2, -0.15) is 0 Å². The van der Waals surface area contributed by atoms with Crippen molar-refractivity contribution in [3.8, 4) is 0 Å². The van der Waals surface area contributed by atoms with Crippen molar-refractivity contribution in [3.63, 3.8) is 0 Å². The first kappa shape index (κ1) is 11.2. The lowest BCUT2D eigenvalue weighted by Crippen LogP contribution is -2.38. The maximum absolute atomic E-state index is 10.7. The van der Waals surface area contributed by atoms with Crippen LogP contribution in [0.1, 0.15) is 16.7 Å². The summed E-state index contributed by atoms with van der Waals surface area (Å²) in [7, 11) is -1.26. The average Bonchev–Trinajstić information content (AvgIpc) is 2.01. The van der Waals surface area contributed by atoms with Crippen molar-refractivity contribution in [2.75, 3.05) is 0 Å². The molecule has 1 aromatic carbocycles. The predicted octanol–water partition coefficient (Wildman–Crippen LogP) is 2.31. The molecule has 0 saturated carbocycles. The van der Waals surface area contributed by atoms with E-state index in [1.54, 1.807) is 0 Å². The zero-order chi connectivity index (χ0) is 10.9. The Labute approximate surface area is 87.2 Å². The van der Waals surface area contributed by atoms with E-state index in [0.29, 0.717) is 0 Å². The SMILES string of the molecule is Cc1cc([Si](C)(C)C)cc(C)c1[C]=O. The Morgan fingerprint density at radius 3 is 1.79 bits per heavy atom. The highest BCUT2D eigenvalue weighted by Crippen LogP contribution is 2.12. The van der Waals surface area contributed by atoms with E-state index in [4.69, 9.17) is 0 Å². The highest BCUT2D eigenvalue weighted by Gasteiger charge is 2.18. The van der Waals surface area contributed by atoms with Crippen LogP contribution < -0.4 is 5.19 Å². The highest BCUT2D eigenvalue weighted by atomic mass is 28.3. The summed E-state index contributed by atoms with van der Waals surface area (Å²) in [4.78, 5) is 10.7. The van der Waals surface area contributed by atoms with Crippen LogP contribution >= 0.6 is 0 Å². The first-order valence-electron chi connectivity index (χ1n) is 4.86. The van der Waals surface area contributed by atoms with Gasteiger partial charge in [0.15, 0.2) is 0 Å². The molecule has 0 spiro atoms. The number of hydrogen-bond acceptors (Lipinski definition) is 1. The van der Waals surface area contributed by atoms with Crippen LogP contribution in [-0.2, 0) is 4.79 Å². The lowest BCUT2D eigenvalue weighted by Gasteiger charge is -2.19. The van der Waals surface area contributed by atoms with Crippen LogP contribution in [-0.4, -0.2) is 14.4 Å². The Morgan fingerprint density at radius 2 is 1.50 bits per heavy atom. The normalized spacial score (nSPS) is 11.5. The maximum Gasteiger partial charge on any atom is 0.234 e. The second kappa shape index (κ2) is 3.69. The minimum atomic E-state index is -1.26. The second-order valence-electron chi connectivity index (χ2n) is 4.84. The van der Waals surface area contributed by atoms with Crippen LogP contribution in [0.2, 0.25) is 19.6 Å². The number of hydrogen-bond donors (Lipinski definition) is 0. The second-order valence-corrected chi connectivity index (χ2v) is 9.91. The lowest BCUT2D eigenvalue weighted by atomic mass is 10.0. The summed E-state index contributed by atoms with van der Waals surface area (Å²) in [6.07, 6.45) is 2.01. The first-order chi connectivity index (χ1) is 6.36. The van der Waals surface area contributed by atoms with Crippen LogP contribution in [0.4, 0.5) is 0 Å². The minimum absolute atomic E-state index is 0.729. The topological polar surface area (TPSA) is 17.1 Å². The van der Waals surface area contributed by atoms with Gasteiger partial charge >= 0.3 is 0 Å². The van der Waals surface area contributed by atoms with Crippen LogP contribution in [0.3, 0.4) is 0 Å². The third-order valence-electron chi connectivity index (χ3n) is 2.50. The van der Waals surface area contributed by atoms with Crippen molar-refractivity contribution < 1.29 is 4.79 Å². The van der Waals surface area contributed by atoms with Gasteiger partial charge in [-0.15, -0.1) is 0 Å².